The van der Waals surface area contributed by atoms with Crippen molar-refractivity contribution < 1.29 is 9.53 Å². The van der Waals surface area contributed by atoms with Gasteiger partial charge in [0.1, 0.15) is 12.4 Å². The normalized spacial score (nSPS) is 21.7. The molecular weight excluding hydrogens is 320 g/mol. The van der Waals surface area contributed by atoms with Crippen molar-refractivity contribution in [3.63, 3.8) is 0 Å². The van der Waals surface area contributed by atoms with Crippen LogP contribution in [0.25, 0.3) is 0 Å². The molecule has 110 valence electrons. The van der Waals surface area contributed by atoms with E-state index in [1.165, 1.54) is 0 Å². The van der Waals surface area contributed by atoms with Crippen molar-refractivity contribution in [1.29, 1.82) is 0 Å². The molecule has 1 amide bonds. The molecule has 5 heteroatoms. The first-order valence-corrected chi connectivity index (χ1v) is 7.85. The summed E-state index contributed by atoms with van der Waals surface area (Å²) >= 11 is 3.39. The Morgan fingerprint density at radius 1 is 1.45 bits per heavy atom. The minimum absolute atomic E-state index is 0.0743. The molecule has 4 nitrogen and oxygen atoms in total. The number of carbonyl (C=O) groups is 1. The average molecular weight is 341 g/mol. The van der Waals surface area contributed by atoms with Crippen LogP contribution in [0, 0.1) is 5.92 Å². The first-order chi connectivity index (χ1) is 9.65. The molecule has 1 aromatic carbocycles. The van der Waals surface area contributed by atoms with E-state index in [2.05, 4.69) is 21.2 Å². The van der Waals surface area contributed by atoms with E-state index in [-0.39, 0.29) is 11.9 Å². The number of hydrogen-bond acceptors (Lipinski definition) is 3. The summed E-state index contributed by atoms with van der Waals surface area (Å²) in [5, 5.41) is 2.88. The molecule has 1 fully saturated rings. The average Bonchev–Trinajstić information content (AvgIpc) is 2.80. The molecule has 0 bridgehead atoms. The van der Waals surface area contributed by atoms with Gasteiger partial charge in [-0.05, 0) is 37.0 Å². The summed E-state index contributed by atoms with van der Waals surface area (Å²) in [5.74, 6) is 1.22. The maximum Gasteiger partial charge on any atom is 0.220 e. The molecule has 2 atom stereocenters. The highest BCUT2D eigenvalue weighted by Crippen LogP contribution is 2.26. The second-order valence-electron chi connectivity index (χ2n) is 5.21. The van der Waals surface area contributed by atoms with Crippen molar-refractivity contribution in [2.75, 3.05) is 13.2 Å². The maximum atomic E-state index is 11.8. The Morgan fingerprint density at radius 2 is 2.30 bits per heavy atom. The fraction of sp³-hybridized carbons (Fsp3) is 0.533. The molecule has 3 N–H and O–H groups in total. The maximum absolute atomic E-state index is 11.8. The Kier molecular flexibility index (Phi) is 5.86. The lowest BCUT2D eigenvalue weighted by Crippen LogP contribution is -2.33. The van der Waals surface area contributed by atoms with Crippen molar-refractivity contribution in [3.8, 4) is 5.75 Å². The first kappa shape index (κ1) is 15.3. The number of rotatable bonds is 6. The van der Waals surface area contributed by atoms with Crippen LogP contribution < -0.4 is 15.8 Å². The van der Waals surface area contributed by atoms with Gasteiger partial charge in [-0.2, -0.15) is 0 Å². The van der Waals surface area contributed by atoms with Crippen LogP contribution in [0.1, 0.15) is 25.7 Å². The minimum Gasteiger partial charge on any atom is -0.492 e. The van der Waals surface area contributed by atoms with Crippen LogP contribution >= 0.6 is 15.9 Å². The van der Waals surface area contributed by atoms with Crippen LogP contribution in [-0.2, 0) is 4.79 Å². The van der Waals surface area contributed by atoms with Gasteiger partial charge in [0.25, 0.3) is 0 Å². The summed E-state index contributed by atoms with van der Waals surface area (Å²) in [6, 6.07) is 7.85. The number of benzene rings is 1. The molecule has 0 aliphatic heterocycles. The zero-order valence-electron chi connectivity index (χ0n) is 11.5. The zero-order valence-corrected chi connectivity index (χ0v) is 13.1. The Labute approximate surface area is 128 Å². The van der Waals surface area contributed by atoms with Crippen LogP contribution in [0.3, 0.4) is 0 Å². The molecule has 1 aliphatic carbocycles. The van der Waals surface area contributed by atoms with Gasteiger partial charge in [0.2, 0.25) is 5.91 Å². The van der Waals surface area contributed by atoms with Crippen LogP contribution in [0.15, 0.2) is 28.7 Å². The van der Waals surface area contributed by atoms with Gasteiger partial charge in [-0.15, -0.1) is 0 Å². The van der Waals surface area contributed by atoms with Gasteiger partial charge in [-0.1, -0.05) is 28.4 Å². The van der Waals surface area contributed by atoms with E-state index in [0.29, 0.717) is 25.5 Å². The van der Waals surface area contributed by atoms with E-state index in [0.717, 1.165) is 29.5 Å². The first-order valence-electron chi connectivity index (χ1n) is 7.06. The van der Waals surface area contributed by atoms with Gasteiger partial charge in [-0.3, -0.25) is 4.79 Å². The van der Waals surface area contributed by atoms with E-state index >= 15 is 0 Å². The summed E-state index contributed by atoms with van der Waals surface area (Å²) in [7, 11) is 0. The van der Waals surface area contributed by atoms with E-state index in [4.69, 9.17) is 10.5 Å². The molecule has 0 spiro atoms. The molecule has 0 radical (unpaired) electrons. The molecule has 1 saturated carbocycles. The highest BCUT2D eigenvalue weighted by atomic mass is 79.9. The molecule has 20 heavy (non-hydrogen) atoms. The topological polar surface area (TPSA) is 64.4 Å². The molecule has 1 aliphatic rings. The standard InChI is InChI=1S/C15H21BrN2O2/c16-12-4-2-5-13(10-12)20-8-7-18-15(19)9-11-3-1-6-14(11)17/h2,4-5,10-11,14H,1,3,6-9,17H2,(H,18,19)/t11-,14+/m0/s1. The molecule has 1 aromatic rings. The Hall–Kier alpha value is -1.07. The van der Waals surface area contributed by atoms with E-state index in [1.807, 2.05) is 24.3 Å². The van der Waals surface area contributed by atoms with Crippen molar-refractivity contribution in [2.24, 2.45) is 11.7 Å². The van der Waals surface area contributed by atoms with Crippen molar-refractivity contribution in [1.82, 2.24) is 5.32 Å². The predicted molar refractivity (Wildman–Crippen MR) is 82.6 cm³/mol. The van der Waals surface area contributed by atoms with Gasteiger partial charge >= 0.3 is 0 Å². The molecule has 0 heterocycles. The van der Waals surface area contributed by atoms with E-state index < -0.39 is 0 Å². The fourth-order valence-electron chi connectivity index (χ4n) is 2.55. The smallest absolute Gasteiger partial charge is 0.220 e. The van der Waals surface area contributed by atoms with Crippen LogP contribution in [0.4, 0.5) is 0 Å². The minimum atomic E-state index is 0.0743. The third-order valence-electron chi connectivity index (χ3n) is 3.65. The number of halogens is 1. The Bertz CT molecular complexity index is 453. The SMILES string of the molecule is N[C@@H]1CCC[C@H]1CC(=O)NCCOc1cccc(Br)c1. The van der Waals surface area contributed by atoms with Crippen LogP contribution in [-0.4, -0.2) is 25.1 Å². The fourth-order valence-corrected chi connectivity index (χ4v) is 2.92. The van der Waals surface area contributed by atoms with E-state index in [9.17, 15) is 4.79 Å². The quantitative estimate of drug-likeness (QED) is 0.782. The van der Waals surface area contributed by atoms with Gasteiger partial charge in [0, 0.05) is 16.9 Å². The number of amides is 1. The Balaban J connectivity index is 1.62. The van der Waals surface area contributed by atoms with Crippen molar-refractivity contribution in [3.05, 3.63) is 28.7 Å². The zero-order chi connectivity index (χ0) is 14.4. The summed E-state index contributed by atoms with van der Waals surface area (Å²) < 4.78 is 6.54. The number of hydrogen-bond donors (Lipinski definition) is 2. The summed E-state index contributed by atoms with van der Waals surface area (Å²) in [5.41, 5.74) is 5.96. The highest BCUT2D eigenvalue weighted by molar-refractivity contribution is 9.10. The third-order valence-corrected chi connectivity index (χ3v) is 4.15. The molecule has 0 unspecified atom stereocenters. The number of carbonyl (C=O) groups excluding carboxylic acids is 1. The van der Waals surface area contributed by atoms with Gasteiger partial charge < -0.3 is 15.8 Å². The second kappa shape index (κ2) is 7.64. The lowest BCUT2D eigenvalue weighted by Gasteiger charge is -2.14. The number of nitrogens with one attached hydrogen (secondary N) is 1. The molecule has 0 saturated heterocycles. The van der Waals surface area contributed by atoms with Gasteiger partial charge in [0.15, 0.2) is 0 Å². The number of nitrogens with two attached hydrogens (primary N) is 1. The molecular formula is C15H21BrN2O2. The van der Waals surface area contributed by atoms with Crippen molar-refractivity contribution in [2.45, 2.75) is 31.7 Å². The van der Waals surface area contributed by atoms with Gasteiger partial charge in [-0.25, -0.2) is 0 Å². The lowest BCUT2D eigenvalue weighted by molar-refractivity contribution is -0.122. The Morgan fingerprint density at radius 3 is 3.00 bits per heavy atom. The van der Waals surface area contributed by atoms with E-state index in [1.54, 1.807) is 0 Å². The largest absolute Gasteiger partial charge is 0.492 e. The number of ether oxygens (including phenoxy) is 1. The molecule has 0 aromatic heterocycles. The lowest BCUT2D eigenvalue weighted by atomic mass is 10.00. The molecule has 2 rings (SSSR count). The summed E-state index contributed by atoms with van der Waals surface area (Å²) in [6.45, 7) is 0.992. The summed E-state index contributed by atoms with van der Waals surface area (Å²) in [4.78, 5) is 11.8. The monoisotopic (exact) mass is 340 g/mol. The second-order valence-corrected chi connectivity index (χ2v) is 6.13. The van der Waals surface area contributed by atoms with Crippen LogP contribution in [0.5, 0.6) is 5.75 Å². The predicted octanol–water partition coefficient (Wildman–Crippen LogP) is 2.46. The van der Waals surface area contributed by atoms with Gasteiger partial charge in [0.05, 0.1) is 6.54 Å². The highest BCUT2D eigenvalue weighted by Gasteiger charge is 2.25. The van der Waals surface area contributed by atoms with Crippen molar-refractivity contribution >= 4 is 21.8 Å². The van der Waals surface area contributed by atoms with Crippen LogP contribution in [0.2, 0.25) is 0 Å². The third kappa shape index (κ3) is 4.80. The summed E-state index contributed by atoms with van der Waals surface area (Å²) in [6.07, 6.45) is 3.80.